The van der Waals surface area contributed by atoms with E-state index in [2.05, 4.69) is 84.9 Å². The van der Waals surface area contributed by atoms with Gasteiger partial charge < -0.3 is 13.1 Å². The Hall–Kier alpha value is 0.881. The summed E-state index contributed by atoms with van der Waals surface area (Å²) in [5.41, 5.74) is 0. The molecule has 0 saturated carbocycles. The smallest absolute Gasteiger partial charge is 0.334 e. The summed E-state index contributed by atoms with van der Waals surface area (Å²) < 4.78 is 15.3. The third-order valence-electron chi connectivity index (χ3n) is 7.61. The molecule has 0 rings (SSSR count). The van der Waals surface area contributed by atoms with Crippen LogP contribution in [0.1, 0.15) is 68.7 Å². The third kappa shape index (κ3) is 8.67. The number of hydrogen-bond acceptors (Lipinski definition) is 4. The molecule has 0 saturated heterocycles. The van der Waals surface area contributed by atoms with Gasteiger partial charge >= 0.3 is 8.56 Å². The molecule has 0 spiro atoms. The molecule has 30 heavy (non-hydrogen) atoms. The lowest BCUT2D eigenvalue weighted by atomic mass is 10.5. The van der Waals surface area contributed by atoms with Crippen LogP contribution in [0.2, 0.25) is 48.9 Å². The van der Waals surface area contributed by atoms with E-state index in [9.17, 15) is 0 Å². The van der Waals surface area contributed by atoms with Crippen LogP contribution in [0.4, 0.5) is 0 Å². The summed E-state index contributed by atoms with van der Waals surface area (Å²) >= 11 is 2.19. The lowest BCUT2D eigenvalue weighted by Gasteiger charge is -2.53. The zero-order valence-corrected chi connectivity index (χ0v) is 26.1. The van der Waals surface area contributed by atoms with Gasteiger partial charge in [-0.05, 0) is 81.4 Å². The van der Waals surface area contributed by atoms with Crippen molar-refractivity contribution in [2.45, 2.75) is 123 Å². The van der Waals surface area contributed by atoms with Crippen LogP contribution in [0.5, 0.6) is 0 Å². The molecule has 0 amide bonds. The molecule has 0 aliphatic heterocycles. The minimum absolute atomic E-state index is 0.713. The summed E-state index contributed by atoms with van der Waals surface area (Å²) in [4.78, 5) is 0. The van der Waals surface area contributed by atoms with Crippen LogP contribution in [-0.2, 0) is 8.85 Å². The average molecular weight is 494 g/mol. The van der Waals surface area contributed by atoms with Gasteiger partial charge in [0.1, 0.15) is 16.5 Å². The molecular weight excluding hydrogens is 439 g/mol. The van der Waals surface area contributed by atoms with E-state index >= 15 is 0 Å². The molecule has 0 N–H and O–H groups in total. The molecule has 0 bridgehead atoms. The Labute approximate surface area is 197 Å². The van der Waals surface area contributed by atoms with E-state index in [1.165, 1.54) is 55.0 Å². The van der Waals surface area contributed by atoms with Crippen molar-refractivity contribution in [2.24, 2.45) is 0 Å². The monoisotopic (exact) mass is 493 g/mol. The van der Waals surface area contributed by atoms with Crippen LogP contribution in [0.25, 0.3) is 0 Å². The van der Waals surface area contributed by atoms with Crippen LogP contribution in [0, 0.1) is 0 Å². The molecule has 0 aliphatic rings. The van der Waals surface area contributed by atoms with E-state index in [0.717, 1.165) is 19.3 Å². The van der Waals surface area contributed by atoms with Crippen LogP contribution < -0.4 is 0 Å². The van der Waals surface area contributed by atoms with Gasteiger partial charge in [0.05, 0.1) is 0 Å². The van der Waals surface area contributed by atoms with Crippen molar-refractivity contribution in [2.75, 3.05) is 25.5 Å². The maximum atomic E-state index is 6.03. The van der Waals surface area contributed by atoms with Gasteiger partial charge in [-0.25, -0.2) is 0 Å². The average Bonchev–Trinajstić information content (AvgIpc) is 2.75. The van der Waals surface area contributed by atoms with Crippen LogP contribution >= 0.6 is 11.8 Å². The maximum absolute atomic E-state index is 6.03. The highest BCUT2D eigenvalue weighted by Gasteiger charge is 2.46. The molecule has 0 aliphatic carbocycles. The third-order valence-corrected chi connectivity index (χ3v) is 25.3. The van der Waals surface area contributed by atoms with Gasteiger partial charge in [-0.1, -0.05) is 48.5 Å². The zero-order valence-electron chi connectivity index (χ0n) is 22.2. The molecule has 3 nitrogen and oxygen atoms in total. The van der Waals surface area contributed by atoms with E-state index in [0.29, 0.717) is 5.25 Å². The van der Waals surface area contributed by atoms with E-state index in [1.807, 2.05) is 0 Å². The normalized spacial score (nSPS) is 14.5. The predicted molar refractivity (Wildman–Crippen MR) is 147 cm³/mol. The topological polar surface area (TPSA) is 21.7 Å². The SMILES string of the molecule is CCO[Si](C)(CCCSC(C)CN([Si](CC)(CC)CC)[Si](CC)(CC)CC)OCC. The lowest BCUT2D eigenvalue weighted by Crippen LogP contribution is -2.67. The second-order valence-corrected chi connectivity index (χ2v) is 24.5. The first-order chi connectivity index (χ1) is 14.2. The quantitative estimate of drug-likeness (QED) is 0.134. The molecule has 7 heteroatoms. The summed E-state index contributed by atoms with van der Waals surface area (Å²) in [6.07, 6.45) is 1.22. The molecular formula is C23H55NO2SSi3. The Morgan fingerprint density at radius 3 is 1.47 bits per heavy atom. The van der Waals surface area contributed by atoms with Crippen molar-refractivity contribution in [1.82, 2.24) is 4.23 Å². The van der Waals surface area contributed by atoms with Crippen LogP contribution in [0.15, 0.2) is 0 Å². The standard InChI is InChI=1S/C23H55NO2SSi3/c1-11-25-28(10,26-12-2)21-19-20-27-23(9)22-24(29(13-3,14-4)15-5)30(16-6,17-7)18-8/h23H,11-22H2,1-10H3. The van der Waals surface area contributed by atoms with Gasteiger partial charge in [-0.2, -0.15) is 11.8 Å². The number of hydrogen-bond donors (Lipinski definition) is 0. The molecule has 0 aromatic rings. The fourth-order valence-corrected chi connectivity index (χ4v) is 22.7. The molecule has 182 valence electrons. The Balaban J connectivity index is 5.17. The summed E-state index contributed by atoms with van der Waals surface area (Å²) in [7, 11) is -4.67. The first-order valence-corrected chi connectivity index (χ1v) is 21.6. The van der Waals surface area contributed by atoms with Crippen LogP contribution in [0.3, 0.4) is 0 Å². The van der Waals surface area contributed by atoms with Gasteiger partial charge in [0.15, 0.2) is 0 Å². The van der Waals surface area contributed by atoms with E-state index in [4.69, 9.17) is 8.85 Å². The molecule has 0 aromatic heterocycles. The van der Waals surface area contributed by atoms with Gasteiger partial charge in [-0.3, -0.25) is 0 Å². The summed E-state index contributed by atoms with van der Waals surface area (Å²) in [5, 5.41) is 0.713. The van der Waals surface area contributed by atoms with Crippen molar-refractivity contribution >= 4 is 36.8 Å². The molecule has 0 heterocycles. The largest absolute Gasteiger partial charge is 0.395 e. The fraction of sp³-hybridized carbons (Fsp3) is 1.00. The Kier molecular flexibility index (Phi) is 16.1. The van der Waals surface area contributed by atoms with Crippen molar-refractivity contribution in [1.29, 1.82) is 0 Å². The highest BCUT2D eigenvalue weighted by molar-refractivity contribution is 7.99. The predicted octanol–water partition coefficient (Wildman–Crippen LogP) is 7.96. The number of nitrogens with zero attached hydrogens (tertiary/aromatic N) is 1. The van der Waals surface area contributed by atoms with Gasteiger partial charge in [0.25, 0.3) is 0 Å². The van der Waals surface area contributed by atoms with E-state index in [-0.39, 0.29) is 0 Å². The van der Waals surface area contributed by atoms with E-state index in [1.54, 1.807) is 0 Å². The van der Waals surface area contributed by atoms with Crippen molar-refractivity contribution in [3.8, 4) is 0 Å². The molecule has 1 unspecified atom stereocenters. The maximum Gasteiger partial charge on any atom is 0.334 e. The van der Waals surface area contributed by atoms with Gasteiger partial charge in [-0.15, -0.1) is 0 Å². The molecule has 1 atom stereocenters. The number of rotatable bonds is 19. The second-order valence-electron chi connectivity index (χ2n) is 8.97. The minimum Gasteiger partial charge on any atom is -0.395 e. The molecule has 0 fully saturated rings. The summed E-state index contributed by atoms with van der Waals surface area (Å²) in [6, 6.07) is 9.61. The highest BCUT2D eigenvalue weighted by Crippen LogP contribution is 2.37. The minimum atomic E-state index is -1.96. The Morgan fingerprint density at radius 2 is 1.13 bits per heavy atom. The highest BCUT2D eigenvalue weighted by atomic mass is 32.2. The summed E-state index contributed by atoms with van der Waals surface area (Å²) in [5.74, 6) is 1.23. The Morgan fingerprint density at radius 1 is 0.733 bits per heavy atom. The van der Waals surface area contributed by atoms with E-state index < -0.39 is 25.0 Å². The van der Waals surface area contributed by atoms with Crippen molar-refractivity contribution in [3.05, 3.63) is 0 Å². The van der Waals surface area contributed by atoms with Crippen molar-refractivity contribution in [3.63, 3.8) is 0 Å². The molecule has 0 radical (unpaired) electrons. The van der Waals surface area contributed by atoms with Crippen molar-refractivity contribution < 1.29 is 8.85 Å². The summed E-state index contributed by atoms with van der Waals surface area (Å²) in [6.45, 7) is 26.7. The Bertz CT molecular complexity index is 392. The first-order valence-electron chi connectivity index (χ1n) is 12.9. The first kappa shape index (κ1) is 30.9. The van der Waals surface area contributed by atoms with Gasteiger partial charge in [0, 0.05) is 18.5 Å². The fourth-order valence-electron chi connectivity index (χ4n) is 5.32. The second kappa shape index (κ2) is 15.7. The zero-order chi connectivity index (χ0) is 23.3. The number of thioether (sulfide) groups is 1. The van der Waals surface area contributed by atoms with Crippen LogP contribution in [-0.4, -0.2) is 60.0 Å². The lowest BCUT2D eigenvalue weighted by molar-refractivity contribution is 0.189. The molecule has 0 aromatic carbocycles. The van der Waals surface area contributed by atoms with Gasteiger partial charge in [0.2, 0.25) is 0 Å².